The number of nitro groups is 1. The third-order valence-corrected chi connectivity index (χ3v) is 3.13. The van der Waals surface area contributed by atoms with Crippen molar-refractivity contribution in [3.8, 4) is 11.5 Å². The van der Waals surface area contributed by atoms with Crippen molar-refractivity contribution in [3.05, 3.63) is 51.5 Å². The van der Waals surface area contributed by atoms with E-state index in [0.29, 0.717) is 27.4 Å². The average Bonchev–Trinajstić information content (AvgIpc) is 2.83. The summed E-state index contributed by atoms with van der Waals surface area (Å²) in [5.41, 5.74) is 7.58. The van der Waals surface area contributed by atoms with Crippen LogP contribution in [0.25, 0.3) is 22.6 Å². The standard InChI is InChI=1S/C13H8ClN3O3/c14-10-3-1-7(15)5-9(10)13-16-11-6-8(17(18)19)2-4-12(11)20-13/h1-6H,15H2. The van der Waals surface area contributed by atoms with Gasteiger partial charge >= 0.3 is 0 Å². The minimum Gasteiger partial charge on any atom is -0.436 e. The first-order valence-electron chi connectivity index (χ1n) is 5.65. The number of hydrogen-bond donors (Lipinski definition) is 1. The van der Waals surface area contributed by atoms with Crippen LogP contribution in [0, 0.1) is 10.1 Å². The summed E-state index contributed by atoms with van der Waals surface area (Å²) >= 11 is 6.08. The predicted octanol–water partition coefficient (Wildman–Crippen LogP) is 3.64. The van der Waals surface area contributed by atoms with Crippen LogP contribution in [0.15, 0.2) is 40.8 Å². The van der Waals surface area contributed by atoms with Crippen LogP contribution in [-0.4, -0.2) is 9.91 Å². The van der Waals surface area contributed by atoms with E-state index in [0.717, 1.165) is 0 Å². The highest BCUT2D eigenvalue weighted by Crippen LogP contribution is 2.32. The van der Waals surface area contributed by atoms with Crippen molar-refractivity contribution in [1.29, 1.82) is 0 Å². The molecule has 0 aliphatic carbocycles. The Bertz CT molecular complexity index is 829. The molecule has 20 heavy (non-hydrogen) atoms. The summed E-state index contributed by atoms with van der Waals surface area (Å²) in [6.07, 6.45) is 0. The minimum atomic E-state index is -0.485. The van der Waals surface area contributed by atoms with Crippen molar-refractivity contribution in [2.24, 2.45) is 0 Å². The third-order valence-electron chi connectivity index (χ3n) is 2.80. The van der Waals surface area contributed by atoms with Gasteiger partial charge < -0.3 is 10.2 Å². The molecule has 6 nitrogen and oxygen atoms in total. The van der Waals surface area contributed by atoms with Gasteiger partial charge in [-0.05, 0) is 24.3 Å². The molecule has 7 heteroatoms. The molecule has 0 radical (unpaired) electrons. The predicted molar refractivity (Wildman–Crippen MR) is 75.5 cm³/mol. The number of aromatic nitrogens is 1. The Labute approximate surface area is 117 Å². The van der Waals surface area contributed by atoms with E-state index in [1.165, 1.54) is 18.2 Å². The number of benzene rings is 2. The van der Waals surface area contributed by atoms with Gasteiger partial charge in [0.05, 0.1) is 15.5 Å². The fourth-order valence-corrected chi connectivity index (χ4v) is 2.05. The largest absolute Gasteiger partial charge is 0.436 e. The fraction of sp³-hybridized carbons (Fsp3) is 0. The van der Waals surface area contributed by atoms with E-state index in [1.807, 2.05) is 0 Å². The van der Waals surface area contributed by atoms with Gasteiger partial charge in [0.25, 0.3) is 5.69 Å². The van der Waals surface area contributed by atoms with Crippen molar-refractivity contribution in [2.45, 2.75) is 0 Å². The number of anilines is 1. The third kappa shape index (κ3) is 2.06. The second kappa shape index (κ2) is 4.50. The molecule has 100 valence electrons. The van der Waals surface area contributed by atoms with Gasteiger partial charge in [-0.1, -0.05) is 11.6 Å². The van der Waals surface area contributed by atoms with Crippen LogP contribution in [0.5, 0.6) is 0 Å². The van der Waals surface area contributed by atoms with Gasteiger partial charge in [-0.25, -0.2) is 4.98 Å². The summed E-state index contributed by atoms with van der Waals surface area (Å²) < 4.78 is 5.55. The van der Waals surface area contributed by atoms with Gasteiger partial charge in [-0.3, -0.25) is 10.1 Å². The van der Waals surface area contributed by atoms with Crippen LogP contribution in [0.2, 0.25) is 5.02 Å². The Morgan fingerprint density at radius 2 is 2.05 bits per heavy atom. The second-order valence-corrected chi connectivity index (χ2v) is 4.57. The molecular weight excluding hydrogens is 282 g/mol. The molecule has 0 bridgehead atoms. The first-order chi connectivity index (χ1) is 9.54. The summed E-state index contributed by atoms with van der Waals surface area (Å²) in [6.45, 7) is 0. The molecule has 0 spiro atoms. The number of halogens is 1. The van der Waals surface area contributed by atoms with E-state index in [4.69, 9.17) is 21.8 Å². The zero-order valence-corrected chi connectivity index (χ0v) is 10.8. The molecule has 0 aliphatic heterocycles. The highest BCUT2D eigenvalue weighted by Gasteiger charge is 2.14. The zero-order valence-electron chi connectivity index (χ0n) is 10.0. The maximum Gasteiger partial charge on any atom is 0.271 e. The van der Waals surface area contributed by atoms with Crippen molar-refractivity contribution >= 4 is 34.1 Å². The van der Waals surface area contributed by atoms with Gasteiger partial charge in [0.1, 0.15) is 5.52 Å². The molecule has 3 aromatic rings. The monoisotopic (exact) mass is 289 g/mol. The van der Waals surface area contributed by atoms with Crippen LogP contribution < -0.4 is 5.73 Å². The summed E-state index contributed by atoms with van der Waals surface area (Å²) in [5.74, 6) is 0.276. The number of nitrogen functional groups attached to an aromatic ring is 1. The number of nitrogens with zero attached hydrogens (tertiary/aromatic N) is 2. The van der Waals surface area contributed by atoms with Crippen LogP contribution in [0.1, 0.15) is 0 Å². The Balaban J connectivity index is 2.17. The molecule has 0 atom stereocenters. The van der Waals surface area contributed by atoms with Crippen molar-refractivity contribution in [2.75, 3.05) is 5.73 Å². The molecule has 0 amide bonds. The summed E-state index contributed by atoms with van der Waals surface area (Å²) in [6, 6.07) is 9.16. The average molecular weight is 290 g/mol. The van der Waals surface area contributed by atoms with E-state index < -0.39 is 4.92 Å². The maximum absolute atomic E-state index is 10.7. The number of nitro benzene ring substituents is 1. The lowest BCUT2D eigenvalue weighted by Crippen LogP contribution is -1.87. The van der Waals surface area contributed by atoms with Gasteiger partial charge in [-0.15, -0.1) is 0 Å². The summed E-state index contributed by atoms with van der Waals surface area (Å²) in [7, 11) is 0. The minimum absolute atomic E-state index is 0.0453. The van der Waals surface area contributed by atoms with Gasteiger partial charge in [-0.2, -0.15) is 0 Å². The number of fused-ring (bicyclic) bond motifs is 1. The van der Waals surface area contributed by atoms with Crippen molar-refractivity contribution in [1.82, 2.24) is 4.98 Å². The molecule has 2 aromatic carbocycles. The van der Waals surface area contributed by atoms with E-state index in [-0.39, 0.29) is 11.6 Å². The fourth-order valence-electron chi connectivity index (χ4n) is 1.85. The smallest absolute Gasteiger partial charge is 0.271 e. The molecule has 0 saturated carbocycles. The van der Waals surface area contributed by atoms with Crippen molar-refractivity contribution < 1.29 is 9.34 Å². The van der Waals surface area contributed by atoms with E-state index in [9.17, 15) is 10.1 Å². The molecule has 1 aromatic heterocycles. The highest BCUT2D eigenvalue weighted by atomic mass is 35.5. The quantitative estimate of drug-likeness (QED) is 0.441. The lowest BCUT2D eigenvalue weighted by molar-refractivity contribution is -0.384. The molecule has 0 aliphatic rings. The first-order valence-corrected chi connectivity index (χ1v) is 6.03. The first kappa shape index (κ1) is 12.4. The molecule has 2 N–H and O–H groups in total. The number of non-ortho nitro benzene ring substituents is 1. The second-order valence-electron chi connectivity index (χ2n) is 4.17. The molecular formula is C13H8ClN3O3. The van der Waals surface area contributed by atoms with E-state index >= 15 is 0 Å². The van der Waals surface area contributed by atoms with E-state index in [1.54, 1.807) is 18.2 Å². The van der Waals surface area contributed by atoms with Gasteiger partial charge in [0, 0.05) is 17.8 Å². The van der Waals surface area contributed by atoms with Gasteiger partial charge in [0.2, 0.25) is 5.89 Å². The van der Waals surface area contributed by atoms with Crippen LogP contribution in [-0.2, 0) is 0 Å². The Kier molecular flexibility index (Phi) is 2.80. The van der Waals surface area contributed by atoms with E-state index in [2.05, 4.69) is 4.98 Å². The van der Waals surface area contributed by atoms with Crippen molar-refractivity contribution in [3.63, 3.8) is 0 Å². The Morgan fingerprint density at radius 3 is 2.80 bits per heavy atom. The van der Waals surface area contributed by atoms with Gasteiger partial charge in [0.15, 0.2) is 5.58 Å². The number of hydrogen-bond acceptors (Lipinski definition) is 5. The molecule has 1 heterocycles. The summed E-state index contributed by atoms with van der Waals surface area (Å²) in [4.78, 5) is 14.5. The Hall–Kier alpha value is -2.60. The van der Waals surface area contributed by atoms with Crippen LogP contribution in [0.3, 0.4) is 0 Å². The SMILES string of the molecule is Nc1ccc(Cl)c(-c2nc3cc([N+](=O)[O-])ccc3o2)c1. The summed E-state index contributed by atoms with van der Waals surface area (Å²) in [5, 5.41) is 11.2. The number of oxazole rings is 1. The highest BCUT2D eigenvalue weighted by molar-refractivity contribution is 6.33. The number of nitrogens with two attached hydrogens (primary N) is 1. The molecule has 0 fully saturated rings. The number of rotatable bonds is 2. The normalized spacial score (nSPS) is 10.8. The molecule has 0 saturated heterocycles. The molecule has 0 unspecified atom stereocenters. The topological polar surface area (TPSA) is 95.2 Å². The lowest BCUT2D eigenvalue weighted by atomic mass is 10.2. The van der Waals surface area contributed by atoms with Crippen LogP contribution >= 0.6 is 11.6 Å². The molecule has 3 rings (SSSR count). The lowest BCUT2D eigenvalue weighted by Gasteiger charge is -2.00. The maximum atomic E-state index is 10.7. The van der Waals surface area contributed by atoms with Crippen LogP contribution in [0.4, 0.5) is 11.4 Å². The Morgan fingerprint density at radius 1 is 1.25 bits per heavy atom. The zero-order chi connectivity index (χ0) is 14.3.